The first-order chi connectivity index (χ1) is 16.7. The third-order valence-electron chi connectivity index (χ3n) is 6.47. The summed E-state index contributed by atoms with van der Waals surface area (Å²) in [6.45, 7) is 1.46. The number of halogens is 3. The molecule has 2 aromatic heterocycles. The van der Waals surface area contributed by atoms with E-state index in [4.69, 9.17) is 0 Å². The van der Waals surface area contributed by atoms with Gasteiger partial charge < -0.3 is 5.32 Å². The number of amides is 1. The van der Waals surface area contributed by atoms with Crippen molar-refractivity contribution in [2.75, 3.05) is 5.32 Å². The summed E-state index contributed by atoms with van der Waals surface area (Å²) in [5.41, 5.74) is 2.58. The van der Waals surface area contributed by atoms with Crippen LogP contribution in [0, 0.1) is 0 Å². The van der Waals surface area contributed by atoms with Gasteiger partial charge in [0.25, 0.3) is 5.56 Å². The van der Waals surface area contributed by atoms with Gasteiger partial charge in [0, 0.05) is 10.9 Å². The Morgan fingerprint density at radius 2 is 1.86 bits per heavy atom. The van der Waals surface area contributed by atoms with Crippen LogP contribution in [0.3, 0.4) is 0 Å². The van der Waals surface area contributed by atoms with E-state index < -0.39 is 29.2 Å². The lowest BCUT2D eigenvalue weighted by Crippen LogP contribution is -2.32. The van der Waals surface area contributed by atoms with Gasteiger partial charge >= 0.3 is 6.18 Å². The molecule has 1 aliphatic rings. The van der Waals surface area contributed by atoms with E-state index in [1.807, 2.05) is 11.4 Å². The Labute approximate surface area is 203 Å². The van der Waals surface area contributed by atoms with Crippen LogP contribution in [-0.2, 0) is 23.8 Å². The average molecular weight is 498 g/mol. The van der Waals surface area contributed by atoms with Crippen LogP contribution in [0.15, 0.2) is 59.0 Å². The van der Waals surface area contributed by atoms with Gasteiger partial charge in [0.05, 0.1) is 23.0 Å². The van der Waals surface area contributed by atoms with E-state index in [2.05, 4.69) is 22.4 Å². The molecule has 0 bridgehead atoms. The number of aryl methyl sites for hydroxylation is 2. The fourth-order valence-corrected chi connectivity index (χ4v) is 5.44. The number of hydrogen-bond acceptors (Lipinski definition) is 4. The zero-order valence-corrected chi connectivity index (χ0v) is 19.7. The minimum absolute atomic E-state index is 0.357. The largest absolute Gasteiger partial charge is 0.418 e. The summed E-state index contributed by atoms with van der Waals surface area (Å²) >= 11 is 1.35. The quantitative estimate of drug-likeness (QED) is 0.364. The van der Waals surface area contributed by atoms with Crippen molar-refractivity contribution < 1.29 is 18.0 Å². The molecule has 1 atom stereocenters. The maximum atomic E-state index is 13.5. The number of nitrogens with zero attached hydrogens (tertiary/aromatic N) is 2. The molecular weight excluding hydrogens is 475 g/mol. The molecule has 2 aromatic carbocycles. The van der Waals surface area contributed by atoms with Crippen LogP contribution in [0.5, 0.6) is 0 Å². The first-order valence-corrected chi connectivity index (χ1v) is 12.2. The van der Waals surface area contributed by atoms with Crippen molar-refractivity contribution >= 4 is 33.1 Å². The number of hydrogen-bond donors (Lipinski definition) is 1. The van der Waals surface area contributed by atoms with E-state index in [9.17, 15) is 22.8 Å². The molecule has 0 saturated carbocycles. The van der Waals surface area contributed by atoms with Crippen LogP contribution in [0.2, 0.25) is 0 Å². The fourth-order valence-electron chi connectivity index (χ4n) is 4.54. The minimum atomic E-state index is -4.62. The van der Waals surface area contributed by atoms with E-state index in [0.29, 0.717) is 10.2 Å². The summed E-state index contributed by atoms with van der Waals surface area (Å²) in [6.07, 6.45) is 1.03. The van der Waals surface area contributed by atoms with Gasteiger partial charge in [-0.05, 0) is 61.4 Å². The lowest BCUT2D eigenvalue weighted by atomic mass is 9.89. The van der Waals surface area contributed by atoms with Crippen LogP contribution in [0.4, 0.5) is 18.9 Å². The van der Waals surface area contributed by atoms with Gasteiger partial charge in [0.15, 0.2) is 0 Å². The number of benzene rings is 2. The zero-order valence-electron chi connectivity index (χ0n) is 18.9. The van der Waals surface area contributed by atoms with Gasteiger partial charge in [-0.1, -0.05) is 30.3 Å². The van der Waals surface area contributed by atoms with Crippen molar-refractivity contribution in [1.29, 1.82) is 0 Å². The summed E-state index contributed by atoms with van der Waals surface area (Å²) in [7, 11) is 0. The molecule has 0 spiro atoms. The first-order valence-electron chi connectivity index (χ1n) is 11.3. The summed E-state index contributed by atoms with van der Waals surface area (Å²) in [5.74, 6) is -0.740. The highest BCUT2D eigenvalue weighted by molar-refractivity contribution is 7.17. The van der Waals surface area contributed by atoms with E-state index in [1.54, 1.807) is 0 Å². The fraction of sp³-hybridized carbons (Fsp3) is 0.269. The van der Waals surface area contributed by atoms with E-state index in [1.165, 1.54) is 64.9 Å². The van der Waals surface area contributed by atoms with Crippen LogP contribution in [-0.4, -0.2) is 15.5 Å². The summed E-state index contributed by atoms with van der Waals surface area (Å²) in [6, 6.07) is 9.91. The standard InChI is InChI=1S/C26H22F3N3O2S/c1-15(23(33)31-21-9-5-4-8-20(21)26(27,28)29)32-14-30-24-22(25(32)34)19(13-35-24)18-11-10-16-6-2-3-7-17(16)12-18/h4-5,8-15H,2-3,6-7H2,1H3,(H,31,33). The molecule has 0 fully saturated rings. The second-order valence-corrected chi connectivity index (χ2v) is 9.54. The molecule has 4 aromatic rings. The van der Waals surface area contributed by atoms with E-state index in [0.717, 1.165) is 36.5 Å². The van der Waals surface area contributed by atoms with Gasteiger partial charge in [-0.25, -0.2) is 4.98 Å². The Hall–Kier alpha value is -3.46. The molecule has 1 unspecified atom stereocenters. The third kappa shape index (κ3) is 4.36. The van der Waals surface area contributed by atoms with Crippen LogP contribution >= 0.6 is 11.3 Å². The van der Waals surface area contributed by atoms with Crippen LogP contribution in [0.1, 0.15) is 42.5 Å². The van der Waals surface area contributed by atoms with Crippen molar-refractivity contribution in [2.24, 2.45) is 0 Å². The Bertz CT molecular complexity index is 1490. The van der Waals surface area contributed by atoms with Gasteiger partial charge in [-0.15, -0.1) is 11.3 Å². The van der Waals surface area contributed by atoms with Crippen molar-refractivity contribution in [2.45, 2.75) is 44.8 Å². The predicted octanol–water partition coefficient (Wildman–Crippen LogP) is 6.22. The second kappa shape index (κ2) is 8.96. The van der Waals surface area contributed by atoms with Gasteiger partial charge in [0.2, 0.25) is 5.91 Å². The number of aromatic nitrogens is 2. The number of para-hydroxylation sites is 1. The summed E-state index contributed by atoms with van der Waals surface area (Å²) < 4.78 is 41.1. The highest BCUT2D eigenvalue weighted by Crippen LogP contribution is 2.35. The number of alkyl halides is 3. The Kier molecular flexibility index (Phi) is 5.96. The zero-order chi connectivity index (χ0) is 24.7. The third-order valence-corrected chi connectivity index (χ3v) is 7.35. The molecule has 9 heteroatoms. The SMILES string of the molecule is CC(C(=O)Nc1ccccc1C(F)(F)F)n1cnc2scc(-c3ccc4c(c3)CCCC4)c2c1=O. The predicted molar refractivity (Wildman–Crippen MR) is 131 cm³/mol. The molecule has 5 nitrogen and oxygen atoms in total. The number of thiophene rings is 1. The highest BCUT2D eigenvalue weighted by atomic mass is 32.1. The molecule has 1 N–H and O–H groups in total. The average Bonchev–Trinajstić information content (AvgIpc) is 3.28. The molecule has 5 rings (SSSR count). The van der Waals surface area contributed by atoms with E-state index in [-0.39, 0.29) is 5.69 Å². The Balaban J connectivity index is 1.50. The number of nitrogens with one attached hydrogen (secondary N) is 1. The lowest BCUT2D eigenvalue weighted by Gasteiger charge is -2.18. The van der Waals surface area contributed by atoms with Crippen LogP contribution in [0.25, 0.3) is 21.3 Å². The number of anilines is 1. The smallest absolute Gasteiger partial charge is 0.324 e. The van der Waals surface area contributed by atoms with E-state index >= 15 is 0 Å². The highest BCUT2D eigenvalue weighted by Gasteiger charge is 2.34. The van der Waals surface area contributed by atoms with Crippen molar-refractivity contribution in [1.82, 2.24) is 9.55 Å². The molecule has 1 amide bonds. The summed E-state index contributed by atoms with van der Waals surface area (Å²) in [5, 5.41) is 4.61. The van der Waals surface area contributed by atoms with Gasteiger partial charge in [-0.2, -0.15) is 13.2 Å². The number of carbonyl (C=O) groups excluding carboxylic acids is 1. The molecule has 0 radical (unpaired) electrons. The van der Waals surface area contributed by atoms with Gasteiger partial charge in [0.1, 0.15) is 10.9 Å². The summed E-state index contributed by atoms with van der Waals surface area (Å²) in [4.78, 5) is 31.3. The number of carbonyl (C=O) groups is 1. The van der Waals surface area contributed by atoms with Crippen molar-refractivity contribution in [3.8, 4) is 11.1 Å². The number of fused-ring (bicyclic) bond motifs is 2. The second-order valence-electron chi connectivity index (χ2n) is 8.69. The molecular formula is C26H22F3N3O2S. The molecule has 2 heterocycles. The first kappa shape index (κ1) is 23.3. The van der Waals surface area contributed by atoms with Crippen molar-refractivity contribution in [3.05, 3.63) is 81.2 Å². The molecule has 1 aliphatic carbocycles. The van der Waals surface area contributed by atoms with Crippen LogP contribution < -0.4 is 10.9 Å². The van der Waals surface area contributed by atoms with Gasteiger partial charge in [-0.3, -0.25) is 14.2 Å². The van der Waals surface area contributed by atoms with Crippen molar-refractivity contribution in [3.63, 3.8) is 0 Å². The molecule has 35 heavy (non-hydrogen) atoms. The Morgan fingerprint density at radius 1 is 1.11 bits per heavy atom. The molecule has 0 saturated heterocycles. The monoisotopic (exact) mass is 497 g/mol. The maximum Gasteiger partial charge on any atom is 0.418 e. The molecule has 180 valence electrons. The lowest BCUT2D eigenvalue weighted by molar-refractivity contribution is -0.137. The molecule has 0 aliphatic heterocycles. The maximum absolute atomic E-state index is 13.5. The Morgan fingerprint density at radius 3 is 2.63 bits per heavy atom. The topological polar surface area (TPSA) is 64.0 Å². The number of rotatable bonds is 4. The normalized spacial score (nSPS) is 14.5. The minimum Gasteiger partial charge on any atom is -0.324 e.